The van der Waals surface area contributed by atoms with Gasteiger partial charge in [-0.15, -0.1) is 0 Å². The summed E-state index contributed by atoms with van der Waals surface area (Å²) in [5.41, 5.74) is 3.50. The summed E-state index contributed by atoms with van der Waals surface area (Å²) in [6.45, 7) is 3.19. The van der Waals surface area contributed by atoms with E-state index in [-0.39, 0.29) is 11.8 Å². The van der Waals surface area contributed by atoms with Crippen LogP contribution in [0, 0.1) is 6.92 Å². The van der Waals surface area contributed by atoms with Gasteiger partial charge in [0.25, 0.3) is 5.91 Å². The number of carbonyl (C=O) groups excluding carboxylic acids is 1. The Kier molecular flexibility index (Phi) is 5.79. The Morgan fingerprint density at radius 3 is 2.59 bits per heavy atom. The fourth-order valence-electron chi connectivity index (χ4n) is 3.80. The normalized spacial score (nSPS) is 16.7. The Morgan fingerprint density at radius 1 is 1.14 bits per heavy atom. The summed E-state index contributed by atoms with van der Waals surface area (Å²) < 4.78 is 0. The van der Waals surface area contributed by atoms with Crippen molar-refractivity contribution in [2.24, 2.45) is 0 Å². The van der Waals surface area contributed by atoms with Crippen LogP contribution in [0.5, 0.6) is 0 Å². The molecule has 0 bridgehead atoms. The van der Waals surface area contributed by atoms with Crippen LogP contribution in [0.25, 0.3) is 11.1 Å². The van der Waals surface area contributed by atoms with Gasteiger partial charge in [-0.25, -0.2) is 9.97 Å². The largest absolute Gasteiger partial charge is 0.338 e. The van der Waals surface area contributed by atoms with Crippen LogP contribution >= 0.6 is 23.2 Å². The molecule has 1 aliphatic heterocycles. The average molecular weight is 427 g/mol. The van der Waals surface area contributed by atoms with Crippen LogP contribution in [-0.4, -0.2) is 38.8 Å². The van der Waals surface area contributed by atoms with Crippen LogP contribution < -0.4 is 0 Å². The molecule has 1 aromatic carbocycles. The van der Waals surface area contributed by atoms with Crippen LogP contribution in [0.2, 0.25) is 10.0 Å². The van der Waals surface area contributed by atoms with E-state index < -0.39 is 0 Å². The number of benzene rings is 1. The molecule has 0 saturated carbocycles. The van der Waals surface area contributed by atoms with Gasteiger partial charge in [-0.3, -0.25) is 9.78 Å². The van der Waals surface area contributed by atoms with Crippen molar-refractivity contribution < 1.29 is 4.79 Å². The number of nitrogens with zero attached hydrogens (tertiary/aromatic N) is 4. The fourth-order valence-corrected chi connectivity index (χ4v) is 4.32. The van der Waals surface area contributed by atoms with Crippen LogP contribution in [0.4, 0.5) is 0 Å². The summed E-state index contributed by atoms with van der Waals surface area (Å²) in [6, 6.07) is 8.87. The lowest BCUT2D eigenvalue weighted by Gasteiger charge is -2.33. The molecule has 0 unspecified atom stereocenters. The van der Waals surface area contributed by atoms with E-state index in [2.05, 4.69) is 9.97 Å². The summed E-state index contributed by atoms with van der Waals surface area (Å²) in [5.74, 6) is 0.797. The second kappa shape index (κ2) is 8.47. The number of aryl methyl sites for hydroxylation is 1. The van der Waals surface area contributed by atoms with Crippen molar-refractivity contribution >= 4 is 29.1 Å². The van der Waals surface area contributed by atoms with Crippen molar-refractivity contribution in [1.29, 1.82) is 0 Å². The Bertz CT molecular complexity index is 1020. The molecule has 1 saturated heterocycles. The van der Waals surface area contributed by atoms with E-state index in [1.807, 2.05) is 30.2 Å². The Morgan fingerprint density at radius 2 is 1.86 bits per heavy atom. The van der Waals surface area contributed by atoms with E-state index in [0.29, 0.717) is 28.7 Å². The van der Waals surface area contributed by atoms with Crippen molar-refractivity contribution in [1.82, 2.24) is 19.9 Å². The Labute approximate surface area is 179 Å². The van der Waals surface area contributed by atoms with Gasteiger partial charge in [-0.1, -0.05) is 23.2 Å². The van der Waals surface area contributed by atoms with Gasteiger partial charge in [-0.2, -0.15) is 0 Å². The third-order valence-electron chi connectivity index (χ3n) is 5.13. The molecule has 4 rings (SSSR count). The highest BCUT2D eigenvalue weighted by Crippen LogP contribution is 2.33. The number of carbonyl (C=O) groups is 1. The standard InChI is InChI=1S/C22H20Cl2N4O/c1-14-26-12-20(15-4-6-25-7-5-15)21(27-14)16-3-2-8-28(13-16)22(29)17-9-18(23)11-19(24)10-17/h4-7,9-12,16H,2-3,8,13H2,1H3/t16-/m0/s1. The van der Waals surface area contributed by atoms with Crippen molar-refractivity contribution in [2.75, 3.05) is 13.1 Å². The van der Waals surface area contributed by atoms with Crippen molar-refractivity contribution in [3.63, 3.8) is 0 Å². The number of amides is 1. The topological polar surface area (TPSA) is 59.0 Å². The number of aromatic nitrogens is 3. The van der Waals surface area contributed by atoms with Crippen LogP contribution in [0.15, 0.2) is 48.9 Å². The summed E-state index contributed by atoms with van der Waals surface area (Å²) in [4.78, 5) is 28.2. The SMILES string of the molecule is Cc1ncc(-c2ccncc2)c([C@H]2CCCN(C(=O)c3cc(Cl)cc(Cl)c3)C2)n1. The van der Waals surface area contributed by atoms with Crippen LogP contribution in [-0.2, 0) is 0 Å². The summed E-state index contributed by atoms with van der Waals surface area (Å²) >= 11 is 12.2. The number of hydrogen-bond acceptors (Lipinski definition) is 4. The highest BCUT2D eigenvalue weighted by Gasteiger charge is 2.28. The molecular formula is C22H20Cl2N4O. The molecule has 0 radical (unpaired) electrons. The Hall–Kier alpha value is -2.50. The average Bonchev–Trinajstić information content (AvgIpc) is 2.73. The first kappa shape index (κ1) is 19.8. The number of halogens is 2. The zero-order valence-electron chi connectivity index (χ0n) is 16.0. The third-order valence-corrected chi connectivity index (χ3v) is 5.57. The quantitative estimate of drug-likeness (QED) is 0.579. The fraction of sp³-hybridized carbons (Fsp3) is 0.273. The van der Waals surface area contributed by atoms with Gasteiger partial charge in [0.1, 0.15) is 5.82 Å². The molecular weight excluding hydrogens is 407 g/mol. The van der Waals surface area contributed by atoms with E-state index in [4.69, 9.17) is 28.2 Å². The number of hydrogen-bond donors (Lipinski definition) is 0. The lowest BCUT2D eigenvalue weighted by Crippen LogP contribution is -2.39. The van der Waals surface area contributed by atoms with Crippen LogP contribution in [0.1, 0.15) is 40.6 Å². The molecule has 7 heteroatoms. The van der Waals surface area contributed by atoms with Gasteiger partial charge >= 0.3 is 0 Å². The minimum Gasteiger partial charge on any atom is -0.338 e. The van der Waals surface area contributed by atoms with E-state index in [1.54, 1.807) is 30.6 Å². The number of likely N-dealkylation sites (tertiary alicyclic amines) is 1. The highest BCUT2D eigenvalue weighted by atomic mass is 35.5. The van der Waals surface area contributed by atoms with E-state index in [9.17, 15) is 4.79 Å². The summed E-state index contributed by atoms with van der Waals surface area (Å²) in [5, 5.41) is 0.918. The second-order valence-corrected chi connectivity index (χ2v) is 8.07. The molecule has 148 valence electrons. The number of piperidine rings is 1. The molecule has 1 amide bonds. The van der Waals surface area contributed by atoms with Gasteiger partial charge in [-0.05, 0) is 55.7 Å². The van der Waals surface area contributed by atoms with E-state index in [0.717, 1.165) is 35.5 Å². The van der Waals surface area contributed by atoms with Gasteiger partial charge in [0.05, 0.1) is 5.69 Å². The molecule has 1 atom stereocenters. The summed E-state index contributed by atoms with van der Waals surface area (Å²) in [6.07, 6.45) is 7.26. The van der Waals surface area contributed by atoms with Gasteiger partial charge in [0.15, 0.2) is 0 Å². The first-order valence-electron chi connectivity index (χ1n) is 9.50. The predicted octanol–water partition coefficient (Wildman–Crippen LogP) is 5.17. The first-order chi connectivity index (χ1) is 14.0. The smallest absolute Gasteiger partial charge is 0.253 e. The van der Waals surface area contributed by atoms with Crippen LogP contribution in [0.3, 0.4) is 0 Å². The van der Waals surface area contributed by atoms with Crippen molar-refractivity contribution in [3.8, 4) is 11.1 Å². The highest BCUT2D eigenvalue weighted by molar-refractivity contribution is 6.35. The number of rotatable bonds is 3. The molecule has 0 aliphatic carbocycles. The molecule has 2 aromatic heterocycles. The maximum absolute atomic E-state index is 13.1. The minimum atomic E-state index is -0.0599. The maximum Gasteiger partial charge on any atom is 0.253 e. The second-order valence-electron chi connectivity index (χ2n) is 7.20. The molecule has 0 N–H and O–H groups in total. The lowest BCUT2D eigenvalue weighted by molar-refractivity contribution is 0.0706. The molecule has 1 aliphatic rings. The lowest BCUT2D eigenvalue weighted by atomic mass is 9.89. The monoisotopic (exact) mass is 426 g/mol. The van der Waals surface area contributed by atoms with E-state index >= 15 is 0 Å². The van der Waals surface area contributed by atoms with E-state index in [1.165, 1.54) is 0 Å². The Balaban J connectivity index is 1.64. The number of pyridine rings is 1. The van der Waals surface area contributed by atoms with Gasteiger partial charge in [0, 0.05) is 58.8 Å². The molecule has 5 nitrogen and oxygen atoms in total. The van der Waals surface area contributed by atoms with Crippen molar-refractivity contribution in [3.05, 3.63) is 76.0 Å². The zero-order valence-corrected chi connectivity index (χ0v) is 17.5. The predicted molar refractivity (Wildman–Crippen MR) is 114 cm³/mol. The molecule has 3 aromatic rings. The molecule has 29 heavy (non-hydrogen) atoms. The third kappa shape index (κ3) is 4.41. The summed E-state index contributed by atoms with van der Waals surface area (Å²) in [7, 11) is 0. The zero-order chi connectivity index (χ0) is 20.4. The maximum atomic E-state index is 13.1. The van der Waals surface area contributed by atoms with Gasteiger partial charge in [0.2, 0.25) is 0 Å². The first-order valence-corrected chi connectivity index (χ1v) is 10.3. The molecule has 1 fully saturated rings. The molecule has 0 spiro atoms. The minimum absolute atomic E-state index is 0.0599. The molecule has 3 heterocycles. The van der Waals surface area contributed by atoms with Crippen molar-refractivity contribution in [2.45, 2.75) is 25.7 Å². The van der Waals surface area contributed by atoms with Gasteiger partial charge < -0.3 is 4.90 Å².